The first-order valence-corrected chi connectivity index (χ1v) is 9.33. The molecule has 0 spiro atoms. The normalized spacial score (nSPS) is 11.2. The molecule has 0 N–H and O–H groups in total. The monoisotopic (exact) mass is 338 g/mol. The van der Waals surface area contributed by atoms with Crippen LogP contribution in [-0.4, -0.2) is 7.11 Å². The van der Waals surface area contributed by atoms with Gasteiger partial charge in [-0.05, 0) is 42.0 Å². The Labute approximate surface area is 142 Å². The molecule has 3 aromatic carbocycles. The highest BCUT2D eigenvalue weighted by atomic mass is 31.2. The lowest BCUT2D eigenvalue weighted by atomic mass is 10.2. The van der Waals surface area contributed by atoms with Gasteiger partial charge in [0.15, 0.2) is 0 Å². The standard InChI is InChI=1S/C20H19O3P/c1-22-18-14-12-17(13-15-18)16-23-24(21,19-8-4-2-5-9-19)20-10-6-3-7-11-20/h2-15H,16H2,1H3. The predicted octanol–water partition coefficient (Wildman–Crippen LogP) is 4.14. The lowest BCUT2D eigenvalue weighted by Crippen LogP contribution is -2.18. The molecule has 0 aliphatic rings. The second-order valence-corrected chi connectivity index (χ2v) is 7.74. The zero-order chi connectivity index (χ0) is 16.8. The topological polar surface area (TPSA) is 35.5 Å². The quantitative estimate of drug-likeness (QED) is 0.634. The Bertz CT molecular complexity index is 771. The summed E-state index contributed by atoms with van der Waals surface area (Å²) in [5, 5.41) is 1.40. The van der Waals surface area contributed by atoms with Crippen molar-refractivity contribution in [2.45, 2.75) is 6.61 Å². The van der Waals surface area contributed by atoms with Crippen molar-refractivity contribution in [3.8, 4) is 5.75 Å². The number of rotatable bonds is 6. The van der Waals surface area contributed by atoms with E-state index in [9.17, 15) is 4.57 Å². The first-order chi connectivity index (χ1) is 11.7. The molecule has 0 aliphatic heterocycles. The number of ether oxygens (including phenoxy) is 1. The Morgan fingerprint density at radius 3 is 1.71 bits per heavy atom. The van der Waals surface area contributed by atoms with Crippen LogP contribution in [0.5, 0.6) is 5.75 Å². The first-order valence-electron chi connectivity index (χ1n) is 7.71. The van der Waals surface area contributed by atoms with Gasteiger partial charge in [-0.1, -0.05) is 48.5 Å². The van der Waals surface area contributed by atoms with Gasteiger partial charge in [0.2, 0.25) is 0 Å². The molecule has 0 fully saturated rings. The molecule has 0 aliphatic carbocycles. The molecule has 3 aromatic rings. The minimum atomic E-state index is -3.14. The highest BCUT2D eigenvalue weighted by Crippen LogP contribution is 2.45. The van der Waals surface area contributed by atoms with Gasteiger partial charge in [0.1, 0.15) is 5.75 Å². The van der Waals surface area contributed by atoms with Crippen LogP contribution in [0, 0.1) is 0 Å². The van der Waals surface area contributed by atoms with Crippen LogP contribution >= 0.6 is 7.37 Å². The average molecular weight is 338 g/mol. The molecular weight excluding hydrogens is 319 g/mol. The summed E-state index contributed by atoms with van der Waals surface area (Å²) in [4.78, 5) is 0. The minimum Gasteiger partial charge on any atom is -0.497 e. The summed E-state index contributed by atoms with van der Waals surface area (Å²) in [5.41, 5.74) is 0.947. The molecule has 0 heterocycles. The molecule has 3 rings (SSSR count). The van der Waals surface area contributed by atoms with Crippen LogP contribution in [0.3, 0.4) is 0 Å². The summed E-state index contributed by atoms with van der Waals surface area (Å²) in [5.74, 6) is 0.785. The van der Waals surface area contributed by atoms with Gasteiger partial charge in [0, 0.05) is 10.6 Å². The maximum absolute atomic E-state index is 13.7. The van der Waals surface area contributed by atoms with Crippen molar-refractivity contribution in [2.24, 2.45) is 0 Å². The first kappa shape index (κ1) is 16.5. The maximum atomic E-state index is 13.7. The summed E-state index contributed by atoms with van der Waals surface area (Å²) in [6.07, 6.45) is 0. The van der Waals surface area contributed by atoms with Crippen LogP contribution in [0.25, 0.3) is 0 Å². The molecule has 0 aromatic heterocycles. The summed E-state index contributed by atoms with van der Waals surface area (Å²) in [6.45, 7) is 0.269. The van der Waals surface area contributed by atoms with Crippen LogP contribution in [-0.2, 0) is 15.7 Å². The van der Waals surface area contributed by atoms with Crippen molar-refractivity contribution < 1.29 is 13.8 Å². The zero-order valence-corrected chi connectivity index (χ0v) is 14.4. The molecule has 24 heavy (non-hydrogen) atoms. The second-order valence-electron chi connectivity index (χ2n) is 5.34. The van der Waals surface area contributed by atoms with Gasteiger partial charge < -0.3 is 9.26 Å². The van der Waals surface area contributed by atoms with E-state index in [2.05, 4.69) is 0 Å². The van der Waals surface area contributed by atoms with Gasteiger partial charge in [0.05, 0.1) is 13.7 Å². The molecule has 0 unspecified atom stereocenters. The van der Waals surface area contributed by atoms with E-state index in [4.69, 9.17) is 9.26 Å². The van der Waals surface area contributed by atoms with Gasteiger partial charge in [0.25, 0.3) is 7.37 Å². The minimum absolute atomic E-state index is 0.269. The van der Waals surface area contributed by atoms with E-state index in [0.29, 0.717) is 10.6 Å². The number of hydrogen-bond donors (Lipinski definition) is 0. The van der Waals surface area contributed by atoms with E-state index in [1.54, 1.807) is 7.11 Å². The largest absolute Gasteiger partial charge is 0.497 e. The molecule has 0 saturated carbocycles. The molecular formula is C20H19O3P. The van der Waals surface area contributed by atoms with Gasteiger partial charge in [-0.3, -0.25) is 4.57 Å². The summed E-state index contributed by atoms with van der Waals surface area (Å²) < 4.78 is 24.8. The lowest BCUT2D eigenvalue weighted by Gasteiger charge is -2.19. The van der Waals surface area contributed by atoms with Crippen molar-refractivity contribution in [3.63, 3.8) is 0 Å². The van der Waals surface area contributed by atoms with Gasteiger partial charge in [-0.15, -0.1) is 0 Å². The number of methoxy groups -OCH3 is 1. The van der Waals surface area contributed by atoms with Crippen molar-refractivity contribution in [1.29, 1.82) is 0 Å². The SMILES string of the molecule is COc1ccc(COP(=O)(c2ccccc2)c2ccccc2)cc1. The Morgan fingerprint density at radius 2 is 1.25 bits per heavy atom. The van der Waals surface area contributed by atoms with Crippen LogP contribution in [0.4, 0.5) is 0 Å². The van der Waals surface area contributed by atoms with E-state index >= 15 is 0 Å². The van der Waals surface area contributed by atoms with Crippen LogP contribution in [0.15, 0.2) is 84.9 Å². The van der Waals surface area contributed by atoms with Crippen molar-refractivity contribution in [2.75, 3.05) is 7.11 Å². The summed E-state index contributed by atoms with van der Waals surface area (Å²) in [7, 11) is -1.51. The van der Waals surface area contributed by atoms with Crippen molar-refractivity contribution >= 4 is 18.0 Å². The highest BCUT2D eigenvalue weighted by molar-refractivity contribution is 7.74. The molecule has 0 saturated heterocycles. The molecule has 3 nitrogen and oxygen atoms in total. The van der Waals surface area contributed by atoms with E-state index in [1.807, 2.05) is 84.9 Å². The summed E-state index contributed by atoms with van der Waals surface area (Å²) in [6, 6.07) is 26.3. The van der Waals surface area contributed by atoms with E-state index in [1.165, 1.54) is 0 Å². The van der Waals surface area contributed by atoms with E-state index < -0.39 is 7.37 Å². The van der Waals surface area contributed by atoms with Crippen molar-refractivity contribution in [3.05, 3.63) is 90.5 Å². The molecule has 0 bridgehead atoms. The molecule has 0 radical (unpaired) electrons. The fourth-order valence-corrected chi connectivity index (χ4v) is 4.49. The lowest BCUT2D eigenvalue weighted by molar-refractivity contribution is 0.316. The van der Waals surface area contributed by atoms with Gasteiger partial charge >= 0.3 is 0 Å². The fraction of sp³-hybridized carbons (Fsp3) is 0.100. The van der Waals surface area contributed by atoms with Gasteiger partial charge in [-0.2, -0.15) is 0 Å². The maximum Gasteiger partial charge on any atom is 0.261 e. The van der Waals surface area contributed by atoms with E-state index in [-0.39, 0.29) is 6.61 Å². The zero-order valence-electron chi connectivity index (χ0n) is 13.5. The predicted molar refractivity (Wildman–Crippen MR) is 97.5 cm³/mol. The average Bonchev–Trinajstić information content (AvgIpc) is 2.68. The molecule has 4 heteroatoms. The third kappa shape index (κ3) is 3.59. The van der Waals surface area contributed by atoms with Crippen LogP contribution in [0.1, 0.15) is 5.56 Å². The Kier molecular flexibility index (Phi) is 5.14. The number of benzene rings is 3. The molecule has 122 valence electrons. The van der Waals surface area contributed by atoms with Crippen LogP contribution < -0.4 is 15.3 Å². The highest BCUT2D eigenvalue weighted by Gasteiger charge is 2.28. The Hall–Kier alpha value is -2.35. The second kappa shape index (κ2) is 7.48. The third-order valence-electron chi connectivity index (χ3n) is 3.76. The number of hydrogen-bond acceptors (Lipinski definition) is 3. The summed E-state index contributed by atoms with van der Waals surface area (Å²) >= 11 is 0. The Balaban J connectivity index is 1.89. The van der Waals surface area contributed by atoms with Crippen molar-refractivity contribution in [1.82, 2.24) is 0 Å². The Morgan fingerprint density at radius 1 is 0.750 bits per heavy atom. The smallest absolute Gasteiger partial charge is 0.261 e. The van der Waals surface area contributed by atoms with Gasteiger partial charge in [-0.25, -0.2) is 0 Å². The van der Waals surface area contributed by atoms with Crippen LogP contribution in [0.2, 0.25) is 0 Å². The van der Waals surface area contributed by atoms with E-state index in [0.717, 1.165) is 11.3 Å². The molecule has 0 atom stereocenters. The fourth-order valence-electron chi connectivity index (χ4n) is 2.43. The molecule has 0 amide bonds. The third-order valence-corrected chi connectivity index (χ3v) is 6.21.